The molecule has 3 rings (SSSR count). The zero-order chi connectivity index (χ0) is 18.6. The summed E-state index contributed by atoms with van der Waals surface area (Å²) in [5, 5.41) is 22.4. The summed E-state index contributed by atoms with van der Waals surface area (Å²) in [5.41, 5.74) is -3.25. The van der Waals surface area contributed by atoms with Crippen LogP contribution in [0.3, 0.4) is 0 Å². The van der Waals surface area contributed by atoms with E-state index in [1.165, 1.54) is 0 Å². The first-order valence-electron chi connectivity index (χ1n) is 7.84. The topological polar surface area (TPSA) is 74.6 Å². The minimum atomic E-state index is -3.25. The van der Waals surface area contributed by atoms with Gasteiger partial charge in [0.1, 0.15) is 0 Å². The van der Waals surface area contributed by atoms with Crippen LogP contribution in [0.25, 0.3) is 0 Å². The maximum absolute atomic E-state index is 12.2. The molecule has 4 nitrogen and oxygen atoms in total. The molecule has 0 fully saturated rings. The average Bonchev–Trinajstić information content (AvgIpc) is 2.67. The van der Waals surface area contributed by atoms with Crippen molar-refractivity contribution in [2.24, 2.45) is 0 Å². The molecule has 2 N–H and O–H groups in total. The molecule has 0 saturated carbocycles. The summed E-state index contributed by atoms with van der Waals surface area (Å²) in [5.74, 6) is 0. The summed E-state index contributed by atoms with van der Waals surface area (Å²) in [6, 6.07) is 27.9. The van der Waals surface area contributed by atoms with Gasteiger partial charge in [0.2, 0.25) is 0 Å². The van der Waals surface area contributed by atoms with Crippen molar-refractivity contribution in [1.29, 1.82) is 0 Å². The number of carbonyl (C=O) groups is 2. The van der Waals surface area contributed by atoms with Crippen molar-refractivity contribution in [3.8, 4) is 0 Å². The van der Waals surface area contributed by atoms with Crippen LogP contribution >= 0.6 is 5.59 Å². The van der Waals surface area contributed by atoms with Gasteiger partial charge in [0.05, 0.1) is 0 Å². The van der Waals surface area contributed by atoms with Gasteiger partial charge in [-0.15, -0.1) is 0 Å². The van der Waals surface area contributed by atoms with Crippen molar-refractivity contribution in [1.82, 2.24) is 0 Å². The molecule has 0 unspecified atom stereocenters. The van der Waals surface area contributed by atoms with Crippen molar-refractivity contribution in [3.05, 3.63) is 91.0 Å². The summed E-state index contributed by atoms with van der Waals surface area (Å²) in [6.45, 7) is 0. The zero-order valence-electron chi connectivity index (χ0n) is 13.7. The van der Waals surface area contributed by atoms with Gasteiger partial charge in [0.15, 0.2) is 0 Å². The zero-order valence-corrected chi connectivity index (χ0v) is 16.3. The first kappa shape index (κ1) is 18.4. The summed E-state index contributed by atoms with van der Waals surface area (Å²) in [6.07, 6.45) is 0. The van der Waals surface area contributed by atoms with Gasteiger partial charge in [-0.05, 0) is 0 Å². The summed E-state index contributed by atoms with van der Waals surface area (Å²) < 4.78 is -2.38. The second-order valence-electron chi connectivity index (χ2n) is 5.44. The van der Waals surface area contributed by atoms with E-state index in [4.69, 9.17) is 0 Å². The number of hydrogen-bond donors (Lipinski definition) is 2. The Labute approximate surface area is 156 Å². The van der Waals surface area contributed by atoms with Crippen LogP contribution in [-0.4, -0.2) is 19.3 Å². The fourth-order valence-corrected chi connectivity index (χ4v) is 17.1. The Balaban J connectivity index is 2.47. The minimum absolute atomic E-state index is 0.814. The van der Waals surface area contributed by atoms with E-state index in [1.807, 2.05) is 91.0 Å². The van der Waals surface area contributed by atoms with Gasteiger partial charge in [0, 0.05) is 0 Å². The molecule has 0 aliphatic rings. The monoisotopic (exact) mass is 456 g/mol. The van der Waals surface area contributed by atoms with Crippen molar-refractivity contribution >= 4 is 30.6 Å². The Kier molecular flexibility index (Phi) is 5.61. The van der Waals surface area contributed by atoms with E-state index >= 15 is 0 Å². The Morgan fingerprint density at radius 3 is 1.08 bits per heavy atom. The van der Waals surface area contributed by atoms with Crippen LogP contribution in [0, 0.1) is 0 Å². The first-order chi connectivity index (χ1) is 12.6. The molecule has 0 saturated heterocycles. The van der Waals surface area contributed by atoms with E-state index in [1.54, 1.807) is 0 Å². The van der Waals surface area contributed by atoms with E-state index < -0.39 is 30.2 Å². The molecule has 0 aliphatic carbocycles. The predicted octanol–water partition coefficient (Wildman–Crippen LogP) is 3.60. The van der Waals surface area contributed by atoms with Gasteiger partial charge in [-0.25, -0.2) is 0 Å². The number of benzene rings is 3. The molecule has 0 atom stereocenters. The molecule has 3 aromatic carbocycles. The van der Waals surface area contributed by atoms with Crippen molar-refractivity contribution in [3.63, 3.8) is 0 Å². The van der Waals surface area contributed by atoms with Crippen LogP contribution in [-0.2, 0) is 15.5 Å². The summed E-state index contributed by atoms with van der Waals surface area (Å²) >= 11 is -3.22. The van der Waals surface area contributed by atoms with Gasteiger partial charge in [-0.3, -0.25) is 0 Å². The summed E-state index contributed by atoms with van der Waals surface area (Å²) in [4.78, 5) is 24.4. The van der Waals surface area contributed by atoms with E-state index in [2.05, 4.69) is 0 Å². The molecule has 0 heterocycles. The van der Waals surface area contributed by atoms with Gasteiger partial charge in [0.25, 0.3) is 0 Å². The van der Waals surface area contributed by atoms with Gasteiger partial charge >= 0.3 is 157 Å². The van der Waals surface area contributed by atoms with Crippen LogP contribution < -0.4 is 15.9 Å². The predicted molar refractivity (Wildman–Crippen MR) is 103 cm³/mol. The molecule has 136 valence electrons. The van der Waals surface area contributed by atoms with Crippen LogP contribution in [0.2, 0.25) is 0 Å². The molecule has 0 bridgehead atoms. The molecule has 0 aliphatic heterocycles. The molecule has 0 radical (unpaired) electrons. The van der Waals surface area contributed by atoms with Gasteiger partial charge in [-0.1, -0.05) is 0 Å². The van der Waals surface area contributed by atoms with Gasteiger partial charge < -0.3 is 0 Å². The standard InChI is InChI=1S/C18H15P.2CHO2.Rh/c1-4-10-16(11-5-1)19(17-12-6-2-7-13-17)18-14-8-3-9-15-18;2*2-1-3;/h1-15H;2*(H,2,3);/q;;;-1/p+1. The van der Waals surface area contributed by atoms with Crippen LogP contribution in [0.1, 0.15) is 0 Å². The molecule has 0 aromatic heterocycles. The first-order valence-corrected chi connectivity index (χ1v) is 13.8. The van der Waals surface area contributed by atoms with Crippen LogP contribution in [0.15, 0.2) is 91.0 Å². The third-order valence-corrected chi connectivity index (χ3v) is 18.9. The molecule has 6 heteroatoms. The maximum atomic E-state index is 12.2. The Morgan fingerprint density at radius 1 is 0.577 bits per heavy atom. The SMILES string of the molecule is O=[C](O)[Rh]([C](=O)O)[PH](c1ccccc1)(c1ccccc1)c1ccccc1. The fraction of sp³-hybridized carbons (Fsp3) is 0. The molecule has 26 heavy (non-hydrogen) atoms. The van der Waals surface area contributed by atoms with E-state index in [0.717, 1.165) is 15.9 Å². The van der Waals surface area contributed by atoms with Crippen molar-refractivity contribution in [2.45, 2.75) is 0 Å². The van der Waals surface area contributed by atoms with E-state index in [0.29, 0.717) is 0 Å². The van der Waals surface area contributed by atoms with Crippen molar-refractivity contribution in [2.75, 3.05) is 0 Å². The Morgan fingerprint density at radius 2 is 0.846 bits per heavy atom. The fourth-order valence-electron chi connectivity index (χ4n) is 3.04. The molecular formula is C20H18O4PRh. The number of rotatable bonds is 6. The quantitative estimate of drug-likeness (QED) is 0.439. The number of hydrogen-bond acceptors (Lipinski definition) is 2. The van der Waals surface area contributed by atoms with E-state index in [9.17, 15) is 19.8 Å². The normalized spacial score (nSPS) is 12.2. The van der Waals surface area contributed by atoms with Crippen molar-refractivity contribution < 1.29 is 35.3 Å². The Bertz CT molecular complexity index is 790. The Hall–Kier alpha value is -2.35. The third-order valence-electron chi connectivity index (χ3n) is 4.01. The second-order valence-corrected chi connectivity index (χ2v) is 16.7. The molecular weight excluding hydrogens is 438 g/mol. The third kappa shape index (κ3) is 3.21. The summed E-state index contributed by atoms with van der Waals surface area (Å²) in [7, 11) is 0. The van der Waals surface area contributed by atoms with Crippen LogP contribution in [0.4, 0.5) is 9.59 Å². The molecule has 0 amide bonds. The molecule has 0 spiro atoms. The van der Waals surface area contributed by atoms with Crippen LogP contribution in [0.5, 0.6) is 0 Å². The number of carboxylic acid groups (broad SMARTS) is 2. The second kappa shape index (κ2) is 7.91. The van der Waals surface area contributed by atoms with Gasteiger partial charge in [-0.2, -0.15) is 0 Å². The average molecular weight is 456 g/mol. The van der Waals surface area contributed by atoms with E-state index in [-0.39, 0.29) is 0 Å². The molecule has 3 aromatic rings.